The Balaban J connectivity index is 2.92. The van der Waals surface area contributed by atoms with Crippen LogP contribution in [0.3, 0.4) is 0 Å². The Morgan fingerprint density at radius 1 is 1.36 bits per heavy atom. The quantitative estimate of drug-likeness (QED) is 0.425. The van der Waals surface area contributed by atoms with Gasteiger partial charge in [-0.25, -0.2) is 9.18 Å². The van der Waals surface area contributed by atoms with E-state index in [4.69, 9.17) is 16.3 Å². The van der Waals surface area contributed by atoms with Crippen molar-refractivity contribution in [2.75, 3.05) is 12.4 Å². The summed E-state index contributed by atoms with van der Waals surface area (Å²) in [6.07, 6.45) is -9.54. The van der Waals surface area contributed by atoms with E-state index in [0.717, 1.165) is 19.2 Å². The van der Waals surface area contributed by atoms with E-state index in [9.17, 15) is 32.3 Å². The zero-order valence-corrected chi connectivity index (χ0v) is 13.7. The number of anilines is 1. The maximum absolute atomic E-state index is 13.8. The van der Waals surface area contributed by atoms with E-state index >= 15 is 0 Å². The minimum atomic E-state index is -5.12. The summed E-state index contributed by atoms with van der Waals surface area (Å²) in [6, 6.07) is 1.69. The number of nitrogens with one attached hydrogen (secondary N) is 1. The van der Waals surface area contributed by atoms with Crippen molar-refractivity contribution in [1.82, 2.24) is 0 Å². The summed E-state index contributed by atoms with van der Waals surface area (Å²) >= 11 is 5.76. The molecule has 1 rings (SSSR count). The third-order valence-corrected chi connectivity index (χ3v) is 3.17. The van der Waals surface area contributed by atoms with Crippen molar-refractivity contribution >= 4 is 29.0 Å². The van der Waals surface area contributed by atoms with Gasteiger partial charge in [-0.1, -0.05) is 11.6 Å². The van der Waals surface area contributed by atoms with E-state index in [0.29, 0.717) is 0 Å². The molecule has 0 aliphatic carbocycles. The number of alkyl halides is 3. The molecule has 2 unspecified atom stereocenters. The maximum Gasteiger partial charge on any atom is 0.450 e. The number of methoxy groups -OCH3 is 1. The predicted molar refractivity (Wildman–Crippen MR) is 78.8 cm³/mol. The lowest BCUT2D eigenvalue weighted by Gasteiger charge is -2.18. The van der Waals surface area contributed by atoms with Crippen LogP contribution in [-0.2, 0) is 14.3 Å². The molecule has 0 saturated carbocycles. The molecule has 0 saturated heterocycles. The van der Waals surface area contributed by atoms with Gasteiger partial charge in [-0.2, -0.15) is 13.2 Å². The van der Waals surface area contributed by atoms with Crippen LogP contribution in [0.5, 0.6) is 5.75 Å². The van der Waals surface area contributed by atoms with Crippen molar-refractivity contribution in [1.29, 1.82) is 0 Å². The van der Waals surface area contributed by atoms with E-state index in [-0.39, 0.29) is 10.8 Å². The standard InChI is InChI=1S/C14H14ClF4NO5/c1-6(13(23)24-2)25-10-4-9(8(16)3-7(10)15)20-12(22)5-11(21)14(17,18)19/h3-4,6,12,20,22H,5H2,1-2H3. The van der Waals surface area contributed by atoms with Gasteiger partial charge in [0.15, 0.2) is 6.10 Å². The number of carbonyl (C=O) groups excluding carboxylic acids is 2. The lowest BCUT2D eigenvalue weighted by atomic mass is 10.2. The number of benzene rings is 1. The Kier molecular flexibility index (Phi) is 7.00. The number of esters is 1. The third-order valence-electron chi connectivity index (χ3n) is 2.88. The van der Waals surface area contributed by atoms with Crippen LogP contribution in [0.2, 0.25) is 5.02 Å². The maximum atomic E-state index is 13.8. The average molecular weight is 388 g/mol. The zero-order valence-electron chi connectivity index (χ0n) is 13.0. The number of aliphatic hydroxyl groups is 1. The third kappa shape index (κ3) is 6.05. The van der Waals surface area contributed by atoms with Crippen LogP contribution in [0.4, 0.5) is 23.2 Å². The number of halogens is 5. The Bertz CT molecular complexity index is 653. The molecule has 2 atom stereocenters. The summed E-state index contributed by atoms with van der Waals surface area (Å²) in [5.74, 6) is -4.12. The van der Waals surface area contributed by atoms with Gasteiger partial charge in [0.25, 0.3) is 0 Å². The Morgan fingerprint density at radius 2 is 1.96 bits per heavy atom. The van der Waals surface area contributed by atoms with Gasteiger partial charge >= 0.3 is 12.1 Å². The second-order valence-corrected chi connectivity index (χ2v) is 5.24. The molecule has 0 amide bonds. The monoisotopic (exact) mass is 387 g/mol. The molecule has 0 heterocycles. The summed E-state index contributed by atoms with van der Waals surface area (Å²) in [5, 5.41) is 11.3. The highest BCUT2D eigenvalue weighted by atomic mass is 35.5. The van der Waals surface area contributed by atoms with Crippen molar-refractivity contribution in [3.8, 4) is 5.75 Å². The van der Waals surface area contributed by atoms with Gasteiger partial charge < -0.3 is 19.9 Å². The Morgan fingerprint density at radius 3 is 2.48 bits per heavy atom. The molecular formula is C14H14ClF4NO5. The van der Waals surface area contributed by atoms with Crippen molar-refractivity contribution in [2.45, 2.75) is 31.9 Å². The second-order valence-electron chi connectivity index (χ2n) is 4.83. The molecule has 1 aromatic carbocycles. The first-order chi connectivity index (χ1) is 11.5. The zero-order chi connectivity index (χ0) is 19.4. The van der Waals surface area contributed by atoms with Crippen LogP contribution in [0.1, 0.15) is 13.3 Å². The second kappa shape index (κ2) is 8.34. The number of aliphatic hydroxyl groups excluding tert-OH is 1. The molecular weight excluding hydrogens is 374 g/mol. The van der Waals surface area contributed by atoms with Gasteiger partial charge in [0.05, 0.1) is 24.2 Å². The van der Waals surface area contributed by atoms with Gasteiger partial charge in [-0.3, -0.25) is 4.79 Å². The fraction of sp³-hybridized carbons (Fsp3) is 0.429. The van der Waals surface area contributed by atoms with Crippen molar-refractivity contribution in [3.63, 3.8) is 0 Å². The van der Waals surface area contributed by atoms with Gasteiger partial charge in [0, 0.05) is 6.07 Å². The highest BCUT2D eigenvalue weighted by Crippen LogP contribution is 2.32. The van der Waals surface area contributed by atoms with Gasteiger partial charge in [-0.05, 0) is 13.0 Å². The Hall–Kier alpha value is -2.07. The van der Waals surface area contributed by atoms with Crippen LogP contribution in [-0.4, -0.2) is 42.5 Å². The first kappa shape index (κ1) is 21.0. The molecule has 0 aromatic heterocycles. The molecule has 0 radical (unpaired) electrons. The Labute approximate surface area is 144 Å². The minimum Gasteiger partial charge on any atom is -0.477 e. The molecule has 140 valence electrons. The molecule has 2 N–H and O–H groups in total. The molecule has 6 nitrogen and oxygen atoms in total. The molecule has 0 aliphatic rings. The molecule has 0 aliphatic heterocycles. The number of carbonyl (C=O) groups is 2. The van der Waals surface area contributed by atoms with Crippen molar-refractivity contribution < 1.29 is 41.7 Å². The highest BCUT2D eigenvalue weighted by Gasteiger charge is 2.39. The molecule has 1 aromatic rings. The van der Waals surface area contributed by atoms with Crippen LogP contribution in [0.15, 0.2) is 12.1 Å². The predicted octanol–water partition coefficient (Wildman–Crippen LogP) is 2.67. The largest absolute Gasteiger partial charge is 0.477 e. The first-order valence-corrected chi connectivity index (χ1v) is 7.11. The lowest BCUT2D eigenvalue weighted by Crippen LogP contribution is -2.31. The van der Waals surface area contributed by atoms with Gasteiger partial charge in [0.1, 0.15) is 17.8 Å². The number of ether oxygens (including phenoxy) is 2. The highest BCUT2D eigenvalue weighted by molar-refractivity contribution is 6.32. The summed E-state index contributed by atoms with van der Waals surface area (Å²) in [7, 11) is 1.12. The van der Waals surface area contributed by atoms with Crippen LogP contribution >= 0.6 is 11.6 Å². The number of rotatable bonds is 7. The average Bonchev–Trinajstić information content (AvgIpc) is 2.49. The minimum absolute atomic E-state index is 0.183. The number of Topliss-reactive ketones (excluding diaryl/α,β-unsaturated/α-hetero) is 1. The first-order valence-electron chi connectivity index (χ1n) is 6.73. The number of hydrogen-bond donors (Lipinski definition) is 2. The van der Waals surface area contributed by atoms with Crippen LogP contribution < -0.4 is 10.1 Å². The van der Waals surface area contributed by atoms with Gasteiger partial charge in [0.2, 0.25) is 5.78 Å². The molecule has 25 heavy (non-hydrogen) atoms. The van der Waals surface area contributed by atoms with E-state index < -0.39 is 48.2 Å². The summed E-state index contributed by atoms with van der Waals surface area (Å²) < 4.78 is 59.9. The molecule has 0 bridgehead atoms. The smallest absolute Gasteiger partial charge is 0.450 e. The van der Waals surface area contributed by atoms with Gasteiger partial charge in [-0.15, -0.1) is 0 Å². The summed E-state index contributed by atoms with van der Waals surface area (Å²) in [5.41, 5.74) is -0.473. The SMILES string of the molecule is COC(=O)C(C)Oc1cc(NC(O)CC(=O)C(F)(F)F)c(F)cc1Cl. The van der Waals surface area contributed by atoms with Crippen LogP contribution in [0, 0.1) is 5.82 Å². The fourth-order valence-corrected chi connectivity index (χ4v) is 1.85. The number of hydrogen-bond acceptors (Lipinski definition) is 6. The number of ketones is 1. The van der Waals surface area contributed by atoms with Crippen molar-refractivity contribution in [2.24, 2.45) is 0 Å². The van der Waals surface area contributed by atoms with E-state index in [1.807, 2.05) is 5.32 Å². The topological polar surface area (TPSA) is 84.9 Å². The van der Waals surface area contributed by atoms with E-state index in [1.54, 1.807) is 0 Å². The summed E-state index contributed by atoms with van der Waals surface area (Å²) in [6.45, 7) is 1.33. The van der Waals surface area contributed by atoms with Crippen molar-refractivity contribution in [3.05, 3.63) is 23.0 Å². The molecule has 0 fully saturated rings. The van der Waals surface area contributed by atoms with E-state index in [2.05, 4.69) is 4.74 Å². The summed E-state index contributed by atoms with van der Waals surface area (Å²) in [4.78, 5) is 22.1. The molecule has 11 heteroatoms. The van der Waals surface area contributed by atoms with E-state index in [1.165, 1.54) is 6.92 Å². The normalized spacial score (nSPS) is 13.8. The lowest BCUT2D eigenvalue weighted by molar-refractivity contribution is -0.172. The molecule has 0 spiro atoms. The fourth-order valence-electron chi connectivity index (χ4n) is 1.66. The van der Waals surface area contributed by atoms with Crippen LogP contribution in [0.25, 0.3) is 0 Å².